The maximum absolute atomic E-state index is 12.1. The molecule has 19 heavy (non-hydrogen) atoms. The van der Waals surface area contributed by atoms with Crippen molar-refractivity contribution in [2.24, 2.45) is 11.7 Å². The van der Waals surface area contributed by atoms with Crippen molar-refractivity contribution in [1.82, 2.24) is 4.90 Å². The van der Waals surface area contributed by atoms with Gasteiger partial charge in [-0.05, 0) is 24.3 Å². The van der Waals surface area contributed by atoms with Crippen molar-refractivity contribution in [1.29, 1.82) is 0 Å². The maximum Gasteiger partial charge on any atom is 0.410 e. The Hall–Kier alpha value is -1.55. The van der Waals surface area contributed by atoms with E-state index in [0.717, 1.165) is 24.9 Å². The van der Waals surface area contributed by atoms with Crippen LogP contribution >= 0.6 is 0 Å². The van der Waals surface area contributed by atoms with Gasteiger partial charge in [0.15, 0.2) is 0 Å². The molecule has 1 aromatic rings. The molecule has 2 atom stereocenters. The van der Waals surface area contributed by atoms with Gasteiger partial charge in [0.2, 0.25) is 0 Å². The number of carbonyl (C=O) groups is 1. The van der Waals surface area contributed by atoms with E-state index in [1.807, 2.05) is 30.3 Å². The van der Waals surface area contributed by atoms with Crippen LogP contribution < -0.4 is 5.73 Å². The first-order chi connectivity index (χ1) is 9.22. The summed E-state index contributed by atoms with van der Waals surface area (Å²) in [5.74, 6) is 0.447. The lowest BCUT2D eigenvalue weighted by Crippen LogP contribution is -2.51. The smallest absolute Gasteiger partial charge is 0.410 e. The van der Waals surface area contributed by atoms with Crippen LogP contribution in [0.4, 0.5) is 4.79 Å². The normalized spacial score (nSPS) is 23.2. The van der Waals surface area contributed by atoms with Gasteiger partial charge in [0, 0.05) is 19.1 Å². The third-order valence-corrected chi connectivity index (χ3v) is 3.80. The first kappa shape index (κ1) is 13.9. The van der Waals surface area contributed by atoms with E-state index < -0.39 is 0 Å². The standard InChI is InChI=1S/C15H22N2O2/c1-12-6-5-9-17(14(12)10-16)15(18)19-11-13-7-3-2-4-8-13/h2-4,7-8,12,14H,5-6,9-11,16H2,1H3. The molecule has 1 aliphatic rings. The van der Waals surface area contributed by atoms with E-state index in [9.17, 15) is 4.79 Å². The van der Waals surface area contributed by atoms with Crippen molar-refractivity contribution in [3.63, 3.8) is 0 Å². The number of likely N-dealkylation sites (tertiary alicyclic amines) is 1. The molecule has 1 heterocycles. The topological polar surface area (TPSA) is 55.6 Å². The van der Waals surface area contributed by atoms with E-state index >= 15 is 0 Å². The second-order valence-corrected chi connectivity index (χ2v) is 5.16. The predicted molar refractivity (Wildman–Crippen MR) is 74.6 cm³/mol. The van der Waals surface area contributed by atoms with Gasteiger partial charge in [-0.3, -0.25) is 0 Å². The van der Waals surface area contributed by atoms with Crippen molar-refractivity contribution in [2.45, 2.75) is 32.4 Å². The lowest BCUT2D eigenvalue weighted by molar-refractivity contribution is 0.0545. The first-order valence-corrected chi connectivity index (χ1v) is 6.89. The highest BCUT2D eigenvalue weighted by atomic mass is 16.6. The number of hydrogen-bond donors (Lipinski definition) is 1. The predicted octanol–water partition coefficient (Wildman–Crippen LogP) is 2.38. The van der Waals surface area contributed by atoms with E-state index in [2.05, 4.69) is 6.92 Å². The summed E-state index contributed by atoms with van der Waals surface area (Å²) in [6.07, 6.45) is 1.91. The van der Waals surface area contributed by atoms with Gasteiger partial charge in [0.05, 0.1) is 0 Å². The fourth-order valence-corrected chi connectivity index (χ4v) is 2.64. The third kappa shape index (κ3) is 3.47. The average Bonchev–Trinajstić information content (AvgIpc) is 2.45. The van der Waals surface area contributed by atoms with E-state index in [1.165, 1.54) is 0 Å². The quantitative estimate of drug-likeness (QED) is 0.910. The summed E-state index contributed by atoms with van der Waals surface area (Å²) in [6, 6.07) is 9.84. The van der Waals surface area contributed by atoms with Crippen molar-refractivity contribution in [3.8, 4) is 0 Å². The second kappa shape index (κ2) is 6.57. The third-order valence-electron chi connectivity index (χ3n) is 3.80. The summed E-state index contributed by atoms with van der Waals surface area (Å²) in [5.41, 5.74) is 6.78. The van der Waals surface area contributed by atoms with Crippen molar-refractivity contribution < 1.29 is 9.53 Å². The highest BCUT2D eigenvalue weighted by molar-refractivity contribution is 5.68. The first-order valence-electron chi connectivity index (χ1n) is 6.89. The van der Waals surface area contributed by atoms with Crippen LogP contribution in [0.15, 0.2) is 30.3 Å². The molecule has 1 saturated heterocycles. The molecule has 0 bridgehead atoms. The van der Waals surface area contributed by atoms with Gasteiger partial charge in [0.1, 0.15) is 6.61 Å². The van der Waals surface area contributed by atoms with E-state index in [0.29, 0.717) is 19.1 Å². The number of rotatable bonds is 3. The van der Waals surface area contributed by atoms with Crippen molar-refractivity contribution in [3.05, 3.63) is 35.9 Å². The minimum Gasteiger partial charge on any atom is -0.445 e. The van der Waals surface area contributed by atoms with Crippen LogP contribution in [0.3, 0.4) is 0 Å². The molecule has 1 amide bonds. The molecule has 1 fully saturated rings. The summed E-state index contributed by atoms with van der Waals surface area (Å²) in [6.45, 7) is 3.72. The summed E-state index contributed by atoms with van der Waals surface area (Å²) < 4.78 is 5.38. The molecule has 0 aliphatic carbocycles. The summed E-state index contributed by atoms with van der Waals surface area (Å²) >= 11 is 0. The molecule has 0 saturated carbocycles. The molecule has 4 nitrogen and oxygen atoms in total. The average molecular weight is 262 g/mol. The Morgan fingerprint density at radius 1 is 1.42 bits per heavy atom. The lowest BCUT2D eigenvalue weighted by atomic mass is 9.91. The number of ether oxygens (including phenoxy) is 1. The van der Waals surface area contributed by atoms with Crippen LogP contribution in [-0.4, -0.2) is 30.1 Å². The number of nitrogens with two attached hydrogens (primary N) is 1. The SMILES string of the molecule is CC1CCCN(C(=O)OCc2ccccc2)C1CN. The Balaban J connectivity index is 1.91. The Kier molecular flexibility index (Phi) is 4.80. The van der Waals surface area contributed by atoms with E-state index in [4.69, 9.17) is 10.5 Å². The number of carbonyl (C=O) groups excluding carboxylic acids is 1. The van der Waals surface area contributed by atoms with Crippen molar-refractivity contribution in [2.75, 3.05) is 13.1 Å². The molecule has 1 aliphatic heterocycles. The van der Waals surface area contributed by atoms with Gasteiger partial charge >= 0.3 is 6.09 Å². The fraction of sp³-hybridized carbons (Fsp3) is 0.533. The summed E-state index contributed by atoms with van der Waals surface area (Å²) in [7, 11) is 0. The molecule has 104 valence electrons. The molecule has 0 radical (unpaired) electrons. The molecule has 2 unspecified atom stereocenters. The summed E-state index contributed by atoms with van der Waals surface area (Å²) in [5, 5.41) is 0. The molecule has 0 aromatic heterocycles. The molecule has 4 heteroatoms. The van der Waals surface area contributed by atoms with Crippen molar-refractivity contribution >= 4 is 6.09 Å². The van der Waals surface area contributed by atoms with Gasteiger partial charge in [0.25, 0.3) is 0 Å². The Morgan fingerprint density at radius 3 is 2.84 bits per heavy atom. The molecule has 2 N–H and O–H groups in total. The fourth-order valence-electron chi connectivity index (χ4n) is 2.64. The highest BCUT2D eigenvalue weighted by Gasteiger charge is 2.31. The van der Waals surface area contributed by atoms with Crippen LogP contribution in [0.5, 0.6) is 0 Å². The van der Waals surface area contributed by atoms with Crippen LogP contribution in [-0.2, 0) is 11.3 Å². The number of amides is 1. The molecule has 1 aromatic carbocycles. The highest BCUT2D eigenvalue weighted by Crippen LogP contribution is 2.23. The minimum absolute atomic E-state index is 0.108. The minimum atomic E-state index is -0.245. The van der Waals surface area contributed by atoms with Crippen LogP contribution in [0, 0.1) is 5.92 Å². The number of benzene rings is 1. The number of piperidine rings is 1. The Labute approximate surface area is 114 Å². The zero-order chi connectivity index (χ0) is 13.7. The molecular formula is C15H22N2O2. The summed E-state index contributed by atoms with van der Waals surface area (Å²) in [4.78, 5) is 13.9. The monoisotopic (exact) mass is 262 g/mol. The second-order valence-electron chi connectivity index (χ2n) is 5.16. The van der Waals surface area contributed by atoms with Gasteiger partial charge < -0.3 is 15.4 Å². The number of nitrogens with zero attached hydrogens (tertiary/aromatic N) is 1. The van der Waals surface area contributed by atoms with Crippen LogP contribution in [0.2, 0.25) is 0 Å². The van der Waals surface area contributed by atoms with Crippen LogP contribution in [0.1, 0.15) is 25.3 Å². The van der Waals surface area contributed by atoms with E-state index in [1.54, 1.807) is 4.90 Å². The molecular weight excluding hydrogens is 240 g/mol. The Morgan fingerprint density at radius 2 is 2.16 bits per heavy atom. The van der Waals surface area contributed by atoms with Gasteiger partial charge in [-0.2, -0.15) is 0 Å². The largest absolute Gasteiger partial charge is 0.445 e. The number of hydrogen-bond acceptors (Lipinski definition) is 3. The van der Waals surface area contributed by atoms with Gasteiger partial charge in [-0.1, -0.05) is 37.3 Å². The Bertz CT molecular complexity index is 408. The van der Waals surface area contributed by atoms with Crippen LogP contribution in [0.25, 0.3) is 0 Å². The zero-order valence-corrected chi connectivity index (χ0v) is 11.4. The van der Waals surface area contributed by atoms with E-state index in [-0.39, 0.29) is 12.1 Å². The van der Waals surface area contributed by atoms with Gasteiger partial charge in [-0.15, -0.1) is 0 Å². The lowest BCUT2D eigenvalue weighted by Gasteiger charge is -2.38. The van der Waals surface area contributed by atoms with Gasteiger partial charge in [-0.25, -0.2) is 4.79 Å². The maximum atomic E-state index is 12.1. The molecule has 2 rings (SSSR count). The molecule has 0 spiro atoms. The zero-order valence-electron chi connectivity index (χ0n) is 11.4.